The smallest absolute Gasteiger partial charge is 0.0860 e. The zero-order chi connectivity index (χ0) is 13.7. The molecule has 102 valence electrons. The Hall–Kier alpha value is -1.17. The molecule has 2 atom stereocenters. The quantitative estimate of drug-likeness (QED) is 0.858. The minimum atomic E-state index is -0.446. The van der Waals surface area contributed by atoms with E-state index in [2.05, 4.69) is 45.4 Å². The zero-order valence-electron chi connectivity index (χ0n) is 10.8. The molecule has 1 aromatic heterocycles. The van der Waals surface area contributed by atoms with Gasteiger partial charge in [-0.3, -0.25) is 4.68 Å². The van der Waals surface area contributed by atoms with E-state index in [1.54, 1.807) is 10.9 Å². The highest BCUT2D eigenvalue weighted by molar-refractivity contribution is 9.10. The van der Waals surface area contributed by atoms with Gasteiger partial charge in [0.1, 0.15) is 0 Å². The highest BCUT2D eigenvalue weighted by Crippen LogP contribution is 2.16. The Morgan fingerprint density at radius 2 is 2.11 bits per heavy atom. The number of nitrogens with zero attached hydrogens (tertiary/aromatic N) is 2. The fourth-order valence-corrected chi connectivity index (χ4v) is 2.14. The third-order valence-corrected chi connectivity index (χ3v) is 3.52. The highest BCUT2D eigenvalue weighted by atomic mass is 79.9. The minimum absolute atomic E-state index is 0.209. The number of nitrogens with one attached hydrogen (secondary N) is 1. The lowest BCUT2D eigenvalue weighted by atomic mass is 10.1. The van der Waals surface area contributed by atoms with E-state index in [-0.39, 0.29) is 6.04 Å². The summed E-state index contributed by atoms with van der Waals surface area (Å²) < 4.78 is 2.80. The topological polar surface area (TPSA) is 50.1 Å². The van der Waals surface area contributed by atoms with Crippen LogP contribution in [0.4, 0.5) is 0 Å². The van der Waals surface area contributed by atoms with E-state index < -0.39 is 6.10 Å². The molecule has 0 aliphatic rings. The van der Waals surface area contributed by atoms with Crippen LogP contribution in [0.1, 0.15) is 18.5 Å². The number of aliphatic hydroxyl groups excluding tert-OH is 1. The highest BCUT2D eigenvalue weighted by Gasteiger charge is 2.09. The lowest BCUT2D eigenvalue weighted by Gasteiger charge is -2.17. The molecule has 0 aliphatic heterocycles. The van der Waals surface area contributed by atoms with Crippen molar-refractivity contribution >= 4 is 15.9 Å². The lowest BCUT2D eigenvalue weighted by Crippen LogP contribution is -2.32. The van der Waals surface area contributed by atoms with Crippen molar-refractivity contribution in [1.82, 2.24) is 15.1 Å². The number of hydrogen-bond donors (Lipinski definition) is 2. The van der Waals surface area contributed by atoms with E-state index in [9.17, 15) is 5.11 Å². The Morgan fingerprint density at radius 3 is 2.74 bits per heavy atom. The molecule has 0 aliphatic carbocycles. The van der Waals surface area contributed by atoms with E-state index in [0.717, 1.165) is 4.47 Å². The summed E-state index contributed by atoms with van der Waals surface area (Å²) in [5.41, 5.74) is 1.20. The van der Waals surface area contributed by atoms with Crippen LogP contribution >= 0.6 is 15.9 Å². The fourth-order valence-electron chi connectivity index (χ4n) is 1.87. The fraction of sp³-hybridized carbons (Fsp3) is 0.357. The third-order valence-electron chi connectivity index (χ3n) is 2.99. The maximum atomic E-state index is 9.93. The van der Waals surface area contributed by atoms with Gasteiger partial charge in [0.15, 0.2) is 0 Å². The van der Waals surface area contributed by atoms with Crippen LogP contribution in [0.15, 0.2) is 47.2 Å². The molecule has 0 bridgehead atoms. The van der Waals surface area contributed by atoms with E-state index in [4.69, 9.17) is 0 Å². The summed E-state index contributed by atoms with van der Waals surface area (Å²) in [4.78, 5) is 0. The molecule has 2 N–H and O–H groups in total. The maximum Gasteiger partial charge on any atom is 0.0860 e. The van der Waals surface area contributed by atoms with Crippen LogP contribution in [-0.2, 0) is 6.54 Å². The summed E-state index contributed by atoms with van der Waals surface area (Å²) in [6.07, 6.45) is 3.11. The molecule has 0 amide bonds. The van der Waals surface area contributed by atoms with E-state index in [0.29, 0.717) is 13.1 Å². The molecule has 2 rings (SSSR count). The summed E-state index contributed by atoms with van der Waals surface area (Å²) in [6.45, 7) is 3.13. The Bertz CT molecular complexity index is 484. The maximum absolute atomic E-state index is 9.93. The summed E-state index contributed by atoms with van der Waals surface area (Å²) in [5.74, 6) is 0. The van der Waals surface area contributed by atoms with Gasteiger partial charge in [0.2, 0.25) is 0 Å². The number of benzene rings is 1. The first-order chi connectivity index (χ1) is 9.15. The molecule has 5 heteroatoms. The molecule has 1 unspecified atom stereocenters. The third kappa shape index (κ3) is 4.45. The van der Waals surface area contributed by atoms with Crippen LogP contribution in [0.2, 0.25) is 0 Å². The first-order valence-electron chi connectivity index (χ1n) is 6.29. The molecule has 0 saturated carbocycles. The average molecular weight is 324 g/mol. The molecule has 19 heavy (non-hydrogen) atoms. The van der Waals surface area contributed by atoms with Crippen LogP contribution in [0, 0.1) is 0 Å². The molecule has 0 radical (unpaired) electrons. The van der Waals surface area contributed by atoms with Crippen molar-refractivity contribution in [2.24, 2.45) is 0 Å². The molecule has 0 spiro atoms. The van der Waals surface area contributed by atoms with E-state index >= 15 is 0 Å². The van der Waals surface area contributed by atoms with Crippen molar-refractivity contribution in [2.75, 3.05) is 6.54 Å². The number of hydrogen-bond acceptors (Lipinski definition) is 3. The largest absolute Gasteiger partial charge is 0.390 e. The number of rotatable bonds is 6. The van der Waals surface area contributed by atoms with Gasteiger partial charge < -0.3 is 10.4 Å². The molecule has 0 saturated heterocycles. The number of aromatic nitrogens is 2. The minimum Gasteiger partial charge on any atom is -0.390 e. The number of aliphatic hydroxyl groups is 1. The summed E-state index contributed by atoms with van der Waals surface area (Å²) >= 11 is 3.42. The van der Waals surface area contributed by atoms with Gasteiger partial charge in [0, 0.05) is 29.5 Å². The second kappa shape index (κ2) is 6.84. The second-order valence-corrected chi connectivity index (χ2v) is 5.48. The van der Waals surface area contributed by atoms with Gasteiger partial charge in [-0.1, -0.05) is 28.1 Å². The van der Waals surface area contributed by atoms with Crippen molar-refractivity contribution in [2.45, 2.75) is 25.6 Å². The SMILES string of the molecule is C[C@H](NCC(O)Cn1cccn1)c1ccc(Br)cc1. The van der Waals surface area contributed by atoms with Crippen LogP contribution in [-0.4, -0.2) is 27.5 Å². The predicted molar refractivity (Wildman–Crippen MR) is 78.8 cm³/mol. The first kappa shape index (κ1) is 14.2. The van der Waals surface area contributed by atoms with Crippen LogP contribution in [0.5, 0.6) is 0 Å². The van der Waals surface area contributed by atoms with Crippen molar-refractivity contribution in [1.29, 1.82) is 0 Å². The van der Waals surface area contributed by atoms with Crippen molar-refractivity contribution < 1.29 is 5.11 Å². The Kier molecular flexibility index (Phi) is 5.13. The van der Waals surface area contributed by atoms with E-state index in [1.807, 2.05) is 24.4 Å². The predicted octanol–water partition coefficient (Wildman–Crippen LogP) is 2.36. The van der Waals surface area contributed by atoms with Gasteiger partial charge in [0.05, 0.1) is 12.6 Å². The Morgan fingerprint density at radius 1 is 1.37 bits per heavy atom. The monoisotopic (exact) mass is 323 g/mol. The van der Waals surface area contributed by atoms with Crippen molar-refractivity contribution in [3.8, 4) is 0 Å². The van der Waals surface area contributed by atoms with Gasteiger partial charge in [-0.15, -0.1) is 0 Å². The van der Waals surface area contributed by atoms with Crippen LogP contribution < -0.4 is 5.32 Å². The Labute approximate surface area is 121 Å². The van der Waals surface area contributed by atoms with Crippen molar-refractivity contribution in [3.63, 3.8) is 0 Å². The molecule has 2 aromatic rings. The second-order valence-electron chi connectivity index (χ2n) is 4.56. The van der Waals surface area contributed by atoms with Crippen LogP contribution in [0.3, 0.4) is 0 Å². The standard InChI is InChI=1S/C14H18BrN3O/c1-11(12-3-5-13(15)6-4-12)16-9-14(19)10-18-8-2-7-17-18/h2-8,11,14,16,19H,9-10H2,1H3/t11-,14?/m0/s1. The van der Waals surface area contributed by atoms with Gasteiger partial charge in [0.25, 0.3) is 0 Å². The summed E-state index contributed by atoms with van der Waals surface area (Å²) in [7, 11) is 0. The normalized spacial score (nSPS) is 14.3. The average Bonchev–Trinajstić information content (AvgIpc) is 2.89. The molecule has 4 nitrogen and oxygen atoms in total. The van der Waals surface area contributed by atoms with Gasteiger partial charge in [-0.2, -0.15) is 5.10 Å². The van der Waals surface area contributed by atoms with Crippen molar-refractivity contribution in [3.05, 3.63) is 52.8 Å². The van der Waals surface area contributed by atoms with Gasteiger partial charge in [-0.25, -0.2) is 0 Å². The first-order valence-corrected chi connectivity index (χ1v) is 7.09. The molecular formula is C14H18BrN3O. The summed E-state index contributed by atoms with van der Waals surface area (Å²) in [5, 5.41) is 17.3. The number of halogens is 1. The van der Waals surface area contributed by atoms with E-state index in [1.165, 1.54) is 5.56 Å². The molecule has 1 heterocycles. The summed E-state index contributed by atoms with van der Waals surface area (Å²) in [6, 6.07) is 10.2. The molecule has 0 fully saturated rings. The molecule has 1 aromatic carbocycles. The zero-order valence-corrected chi connectivity index (χ0v) is 12.4. The lowest BCUT2D eigenvalue weighted by molar-refractivity contribution is 0.143. The molecular weight excluding hydrogens is 306 g/mol. The van der Waals surface area contributed by atoms with Crippen LogP contribution in [0.25, 0.3) is 0 Å². The van der Waals surface area contributed by atoms with Gasteiger partial charge >= 0.3 is 0 Å². The Balaban J connectivity index is 1.79. The van der Waals surface area contributed by atoms with Gasteiger partial charge in [-0.05, 0) is 30.7 Å².